The van der Waals surface area contributed by atoms with Crippen molar-refractivity contribution in [3.63, 3.8) is 0 Å². The maximum atomic E-state index is 13.0. The highest BCUT2D eigenvalue weighted by atomic mass is 19.4. The van der Waals surface area contributed by atoms with Crippen molar-refractivity contribution >= 4 is 17.3 Å². The summed E-state index contributed by atoms with van der Waals surface area (Å²) in [6.07, 6.45) is -4.50. The minimum absolute atomic E-state index is 0.0570. The van der Waals surface area contributed by atoms with Crippen molar-refractivity contribution in [1.82, 2.24) is 0 Å². The van der Waals surface area contributed by atoms with Gasteiger partial charge >= 0.3 is 6.18 Å². The van der Waals surface area contributed by atoms with Crippen molar-refractivity contribution in [1.29, 1.82) is 0 Å². The fourth-order valence-electron chi connectivity index (χ4n) is 2.38. The number of alkyl halides is 3. The van der Waals surface area contributed by atoms with Crippen LogP contribution >= 0.6 is 0 Å². The summed E-state index contributed by atoms with van der Waals surface area (Å²) in [5.74, 6) is 0.288. The van der Waals surface area contributed by atoms with Crippen molar-refractivity contribution in [2.45, 2.75) is 13.1 Å². The van der Waals surface area contributed by atoms with E-state index in [1.807, 2.05) is 6.92 Å². The van der Waals surface area contributed by atoms with Crippen LogP contribution in [0.15, 0.2) is 42.5 Å². The molecule has 0 atom stereocenters. The van der Waals surface area contributed by atoms with Crippen LogP contribution in [0.3, 0.4) is 0 Å². The van der Waals surface area contributed by atoms with Crippen LogP contribution in [0.4, 0.5) is 24.5 Å². The lowest BCUT2D eigenvalue weighted by molar-refractivity contribution is -0.137. The molecule has 0 radical (unpaired) electrons. The van der Waals surface area contributed by atoms with E-state index in [2.05, 4.69) is 5.32 Å². The van der Waals surface area contributed by atoms with E-state index in [-0.39, 0.29) is 12.3 Å². The van der Waals surface area contributed by atoms with Crippen LogP contribution < -0.4 is 19.7 Å². The summed E-state index contributed by atoms with van der Waals surface area (Å²) in [6, 6.07) is 10.0. The topological polar surface area (TPSA) is 50.8 Å². The lowest BCUT2D eigenvalue weighted by Crippen LogP contribution is -2.23. The molecule has 2 aromatic carbocycles. The number of para-hydroxylation sites is 2. The number of amides is 1. The monoisotopic (exact) mass is 382 g/mol. The van der Waals surface area contributed by atoms with Crippen LogP contribution in [0.1, 0.15) is 12.5 Å². The zero-order chi connectivity index (χ0) is 20.0. The number of anilines is 2. The van der Waals surface area contributed by atoms with Crippen LogP contribution in [0.2, 0.25) is 0 Å². The third kappa shape index (κ3) is 5.54. The molecule has 1 N–H and O–H groups in total. The molecule has 0 spiro atoms. The average molecular weight is 382 g/mol. The quantitative estimate of drug-likeness (QED) is 0.780. The highest BCUT2D eigenvalue weighted by Crippen LogP contribution is 2.35. The molecule has 0 bridgehead atoms. The van der Waals surface area contributed by atoms with E-state index in [9.17, 15) is 18.0 Å². The fraction of sp³-hybridized carbons (Fsp3) is 0.316. The zero-order valence-electron chi connectivity index (χ0n) is 15.3. The summed E-state index contributed by atoms with van der Waals surface area (Å²) in [5, 5.41) is 2.48. The molecule has 0 aliphatic rings. The largest absolute Gasteiger partial charge is 0.490 e. The third-order valence-electron chi connectivity index (χ3n) is 3.59. The first kappa shape index (κ1) is 20.4. The smallest absolute Gasteiger partial charge is 0.416 e. The number of hydrogen-bond acceptors (Lipinski definition) is 4. The third-order valence-corrected chi connectivity index (χ3v) is 3.59. The molecule has 0 heterocycles. The molecule has 0 saturated carbocycles. The second-order valence-corrected chi connectivity index (χ2v) is 5.84. The van der Waals surface area contributed by atoms with E-state index in [0.717, 1.165) is 12.1 Å². The Morgan fingerprint density at radius 3 is 2.26 bits per heavy atom. The van der Waals surface area contributed by atoms with Gasteiger partial charge in [-0.15, -0.1) is 0 Å². The van der Waals surface area contributed by atoms with Gasteiger partial charge in [0.1, 0.15) is 0 Å². The molecule has 0 unspecified atom stereocenters. The minimum Gasteiger partial charge on any atom is -0.490 e. The van der Waals surface area contributed by atoms with Crippen molar-refractivity contribution in [3.05, 3.63) is 48.0 Å². The molecule has 27 heavy (non-hydrogen) atoms. The van der Waals surface area contributed by atoms with Crippen molar-refractivity contribution in [2.75, 3.05) is 37.5 Å². The van der Waals surface area contributed by atoms with E-state index < -0.39 is 17.6 Å². The van der Waals surface area contributed by atoms with E-state index in [1.54, 1.807) is 43.3 Å². The predicted octanol–water partition coefficient (Wildman–Crippen LogP) is 4.19. The van der Waals surface area contributed by atoms with Gasteiger partial charge in [0.25, 0.3) is 5.91 Å². The van der Waals surface area contributed by atoms with Crippen LogP contribution in [-0.2, 0) is 11.0 Å². The van der Waals surface area contributed by atoms with Gasteiger partial charge in [0.2, 0.25) is 0 Å². The van der Waals surface area contributed by atoms with Gasteiger partial charge < -0.3 is 19.7 Å². The summed E-state index contributed by atoms with van der Waals surface area (Å²) >= 11 is 0. The van der Waals surface area contributed by atoms with Crippen LogP contribution in [-0.4, -0.2) is 33.2 Å². The van der Waals surface area contributed by atoms with Crippen LogP contribution in [0.25, 0.3) is 0 Å². The van der Waals surface area contributed by atoms with Crippen LogP contribution in [0, 0.1) is 0 Å². The maximum Gasteiger partial charge on any atom is 0.416 e. The molecule has 0 aromatic heterocycles. The van der Waals surface area contributed by atoms with Crippen molar-refractivity contribution in [3.8, 4) is 11.5 Å². The second kappa shape index (κ2) is 8.66. The molecule has 1 amide bonds. The Morgan fingerprint density at radius 2 is 1.70 bits per heavy atom. The molecule has 0 fully saturated rings. The van der Waals surface area contributed by atoms with Gasteiger partial charge in [0.15, 0.2) is 18.1 Å². The first-order valence-corrected chi connectivity index (χ1v) is 8.25. The Bertz CT molecular complexity index is 792. The van der Waals surface area contributed by atoms with Gasteiger partial charge in [-0.2, -0.15) is 13.2 Å². The summed E-state index contributed by atoms with van der Waals surface area (Å²) in [5.41, 5.74) is -0.335. The molecule has 0 saturated heterocycles. The summed E-state index contributed by atoms with van der Waals surface area (Å²) in [6.45, 7) is 1.89. The normalized spacial score (nSPS) is 11.0. The van der Waals surface area contributed by atoms with Gasteiger partial charge in [-0.3, -0.25) is 4.79 Å². The Morgan fingerprint density at radius 1 is 1.07 bits per heavy atom. The highest BCUT2D eigenvalue weighted by Gasteiger charge is 2.31. The molecule has 5 nitrogen and oxygen atoms in total. The number of nitrogens with one attached hydrogen (secondary N) is 1. The summed E-state index contributed by atoms with van der Waals surface area (Å²) < 4.78 is 49.7. The number of nitrogens with zero attached hydrogens (tertiary/aromatic N) is 1. The lowest BCUT2D eigenvalue weighted by atomic mass is 10.1. The Balaban J connectivity index is 2.13. The average Bonchev–Trinajstić information content (AvgIpc) is 2.60. The number of rotatable bonds is 7. The maximum absolute atomic E-state index is 13.0. The first-order valence-electron chi connectivity index (χ1n) is 8.25. The minimum atomic E-state index is -4.50. The number of hydrogen-bond donors (Lipinski definition) is 1. The molecule has 2 aromatic rings. The summed E-state index contributed by atoms with van der Waals surface area (Å²) in [7, 11) is 3.35. The lowest BCUT2D eigenvalue weighted by Gasteiger charge is -2.20. The van der Waals surface area contributed by atoms with Gasteiger partial charge in [-0.05, 0) is 37.3 Å². The molecule has 8 heteroatoms. The number of halogens is 3. The molecule has 0 aliphatic carbocycles. The van der Waals surface area contributed by atoms with Crippen molar-refractivity contribution in [2.24, 2.45) is 0 Å². The SMILES string of the molecule is CCOc1ccccc1OCC(=O)Nc1cc(C(F)(F)F)ccc1N(C)C. The Hall–Kier alpha value is -2.90. The van der Waals surface area contributed by atoms with E-state index >= 15 is 0 Å². The first-order chi connectivity index (χ1) is 12.7. The van der Waals surface area contributed by atoms with Gasteiger partial charge in [-0.1, -0.05) is 12.1 Å². The molecule has 0 aliphatic heterocycles. The molecule has 146 valence electrons. The van der Waals surface area contributed by atoms with Gasteiger partial charge in [0.05, 0.1) is 23.5 Å². The van der Waals surface area contributed by atoms with E-state index in [4.69, 9.17) is 9.47 Å². The van der Waals surface area contributed by atoms with Gasteiger partial charge in [0, 0.05) is 14.1 Å². The number of benzene rings is 2. The number of carbonyl (C=O) groups is 1. The Labute approximate surface area is 155 Å². The highest BCUT2D eigenvalue weighted by molar-refractivity contribution is 5.95. The van der Waals surface area contributed by atoms with Gasteiger partial charge in [-0.25, -0.2) is 0 Å². The number of carbonyl (C=O) groups excluding carboxylic acids is 1. The fourth-order valence-corrected chi connectivity index (χ4v) is 2.38. The molecule has 2 rings (SSSR count). The number of ether oxygens (including phenoxy) is 2. The van der Waals surface area contributed by atoms with Crippen LogP contribution in [0.5, 0.6) is 11.5 Å². The summed E-state index contributed by atoms with van der Waals surface area (Å²) in [4.78, 5) is 13.8. The standard InChI is InChI=1S/C19H21F3N2O3/c1-4-26-16-7-5-6-8-17(16)27-12-18(25)23-14-11-13(19(20,21)22)9-10-15(14)24(2)3/h5-11H,4,12H2,1-3H3,(H,23,25). The predicted molar refractivity (Wildman–Crippen MR) is 97.5 cm³/mol. The van der Waals surface area contributed by atoms with E-state index in [0.29, 0.717) is 23.8 Å². The molecular formula is C19H21F3N2O3. The zero-order valence-corrected chi connectivity index (χ0v) is 15.3. The second-order valence-electron chi connectivity index (χ2n) is 5.84. The Kier molecular flexibility index (Phi) is 6.55. The van der Waals surface area contributed by atoms with E-state index in [1.165, 1.54) is 6.07 Å². The van der Waals surface area contributed by atoms with Crippen molar-refractivity contribution < 1.29 is 27.4 Å². The molecular weight excluding hydrogens is 361 g/mol.